The van der Waals surface area contributed by atoms with Crippen LogP contribution in [0.25, 0.3) is 27.8 Å². The third-order valence-electron chi connectivity index (χ3n) is 4.47. The number of alkyl halides is 3. The van der Waals surface area contributed by atoms with Crippen molar-refractivity contribution in [3.8, 4) is 28.7 Å². The van der Waals surface area contributed by atoms with Gasteiger partial charge in [-0.15, -0.1) is 0 Å². The Morgan fingerprint density at radius 2 is 1.97 bits per heavy atom. The zero-order valence-electron chi connectivity index (χ0n) is 15.6. The molecule has 0 bridgehead atoms. The molecule has 0 fully saturated rings. The zero-order valence-corrected chi connectivity index (χ0v) is 15.6. The summed E-state index contributed by atoms with van der Waals surface area (Å²) in [7, 11) is 1.45. The first kappa shape index (κ1) is 19.7. The number of aromatic hydroxyl groups is 1. The second-order valence-electron chi connectivity index (χ2n) is 6.51. The minimum Gasteiger partial charge on any atom is -0.494 e. The lowest BCUT2D eigenvalue weighted by Crippen LogP contribution is -2.17. The maximum Gasteiger partial charge on any atom is 0.408 e. The number of aliphatic hydroxyl groups is 1. The van der Waals surface area contributed by atoms with Crippen LogP contribution in [0.15, 0.2) is 43.0 Å². The highest BCUT2D eigenvalue weighted by atomic mass is 19.4. The lowest BCUT2D eigenvalue weighted by atomic mass is 10.1. The van der Waals surface area contributed by atoms with Crippen LogP contribution >= 0.6 is 0 Å². The van der Waals surface area contributed by atoms with E-state index in [9.17, 15) is 23.4 Å². The molecular formula is C19H16F3N5O3. The number of ether oxygens (including phenoxy) is 1. The molecule has 2 N–H and O–H groups in total. The van der Waals surface area contributed by atoms with Crippen LogP contribution in [0, 0.1) is 0 Å². The second-order valence-corrected chi connectivity index (χ2v) is 6.51. The summed E-state index contributed by atoms with van der Waals surface area (Å²) >= 11 is 0. The molecule has 156 valence electrons. The molecule has 11 heteroatoms. The normalized spacial score (nSPS) is 11.9. The van der Waals surface area contributed by atoms with Crippen LogP contribution in [0.3, 0.4) is 0 Å². The lowest BCUT2D eigenvalue weighted by molar-refractivity contribution is -0.142. The molecule has 0 aliphatic carbocycles. The molecule has 8 nitrogen and oxygen atoms in total. The molecule has 0 spiro atoms. The van der Waals surface area contributed by atoms with Gasteiger partial charge in [0.25, 0.3) is 0 Å². The molecule has 0 radical (unpaired) electrons. The molecule has 4 aromatic rings. The predicted molar refractivity (Wildman–Crippen MR) is 100 cm³/mol. The summed E-state index contributed by atoms with van der Waals surface area (Å²) < 4.78 is 44.8. The molecule has 0 unspecified atom stereocenters. The minimum atomic E-state index is -4.40. The molecule has 4 rings (SSSR count). The van der Waals surface area contributed by atoms with Gasteiger partial charge in [0, 0.05) is 29.7 Å². The van der Waals surface area contributed by atoms with E-state index in [0.29, 0.717) is 33.6 Å². The summed E-state index contributed by atoms with van der Waals surface area (Å²) in [6, 6.07) is 5.01. The van der Waals surface area contributed by atoms with E-state index in [4.69, 9.17) is 4.74 Å². The maximum absolute atomic E-state index is 12.6. The van der Waals surface area contributed by atoms with E-state index in [1.807, 2.05) is 0 Å². The fourth-order valence-corrected chi connectivity index (χ4v) is 3.12. The summed E-state index contributed by atoms with van der Waals surface area (Å²) in [4.78, 5) is 8.65. The van der Waals surface area contributed by atoms with E-state index in [0.717, 1.165) is 4.68 Å². The summed E-state index contributed by atoms with van der Waals surface area (Å²) in [5.41, 5.74) is 2.36. The Labute approximate surface area is 167 Å². The van der Waals surface area contributed by atoms with Crippen LogP contribution in [0.4, 0.5) is 13.2 Å². The monoisotopic (exact) mass is 419 g/mol. The Morgan fingerprint density at radius 3 is 2.67 bits per heavy atom. The summed E-state index contributed by atoms with van der Waals surface area (Å²) in [6.45, 7) is -1.49. The van der Waals surface area contributed by atoms with E-state index in [-0.39, 0.29) is 18.2 Å². The molecule has 0 saturated heterocycles. The standard InChI is InChI=1S/C19H16F3N5O3/c1-30-17-12(9-28)4-11(5-23-17)15-3-2-14-16(25-15)8-27(18(14)29)13-6-24-26(7-13)10-19(20,21)22/h2-8,28-29H,9-10H2,1H3. The molecular weight excluding hydrogens is 403 g/mol. The fourth-order valence-electron chi connectivity index (χ4n) is 3.12. The third-order valence-corrected chi connectivity index (χ3v) is 4.47. The van der Waals surface area contributed by atoms with Crippen LogP contribution < -0.4 is 4.74 Å². The van der Waals surface area contributed by atoms with Gasteiger partial charge in [0.05, 0.1) is 42.2 Å². The minimum absolute atomic E-state index is 0.167. The highest BCUT2D eigenvalue weighted by molar-refractivity contribution is 5.87. The number of nitrogens with zero attached hydrogens (tertiary/aromatic N) is 5. The number of hydrogen-bond acceptors (Lipinski definition) is 6. The van der Waals surface area contributed by atoms with Crippen molar-refractivity contribution in [1.29, 1.82) is 0 Å². The molecule has 0 aromatic carbocycles. The van der Waals surface area contributed by atoms with E-state index >= 15 is 0 Å². The van der Waals surface area contributed by atoms with Gasteiger partial charge in [-0.05, 0) is 18.2 Å². The average molecular weight is 419 g/mol. The highest BCUT2D eigenvalue weighted by Gasteiger charge is 2.28. The molecule has 0 aliphatic heterocycles. The second kappa shape index (κ2) is 7.34. The third kappa shape index (κ3) is 3.66. The Balaban J connectivity index is 1.72. The van der Waals surface area contributed by atoms with Crippen molar-refractivity contribution in [2.45, 2.75) is 19.3 Å². The van der Waals surface area contributed by atoms with E-state index in [1.54, 1.807) is 24.4 Å². The van der Waals surface area contributed by atoms with Gasteiger partial charge in [-0.25, -0.2) is 9.97 Å². The van der Waals surface area contributed by atoms with E-state index in [1.165, 1.54) is 30.3 Å². The molecule has 30 heavy (non-hydrogen) atoms. The van der Waals surface area contributed by atoms with Crippen LogP contribution in [-0.2, 0) is 13.2 Å². The van der Waals surface area contributed by atoms with Crippen LogP contribution in [0.1, 0.15) is 5.56 Å². The summed E-state index contributed by atoms with van der Waals surface area (Å²) in [6.07, 6.45) is 1.07. The Bertz CT molecular complexity index is 1220. The van der Waals surface area contributed by atoms with Crippen molar-refractivity contribution in [3.05, 3.63) is 48.5 Å². The number of aromatic nitrogens is 5. The first-order valence-corrected chi connectivity index (χ1v) is 8.74. The van der Waals surface area contributed by atoms with E-state index in [2.05, 4.69) is 15.1 Å². The molecule has 4 heterocycles. The topological polar surface area (TPSA) is 98.2 Å². The van der Waals surface area contributed by atoms with Crippen molar-refractivity contribution >= 4 is 10.9 Å². The first-order chi connectivity index (χ1) is 14.3. The van der Waals surface area contributed by atoms with Gasteiger partial charge < -0.3 is 14.9 Å². The number of hydrogen-bond donors (Lipinski definition) is 2. The predicted octanol–water partition coefficient (Wildman–Crippen LogP) is 3.05. The number of aliphatic hydroxyl groups excluding tert-OH is 1. The number of pyridine rings is 2. The molecule has 4 aromatic heterocycles. The Hall–Kier alpha value is -3.60. The van der Waals surface area contributed by atoms with Gasteiger partial charge in [0.2, 0.25) is 11.8 Å². The van der Waals surface area contributed by atoms with Crippen molar-refractivity contribution in [2.75, 3.05) is 7.11 Å². The van der Waals surface area contributed by atoms with Crippen molar-refractivity contribution < 1.29 is 28.1 Å². The quantitative estimate of drug-likeness (QED) is 0.516. The molecule has 0 saturated carbocycles. The fraction of sp³-hybridized carbons (Fsp3) is 0.211. The van der Waals surface area contributed by atoms with Crippen LogP contribution in [0.2, 0.25) is 0 Å². The van der Waals surface area contributed by atoms with Gasteiger partial charge in [-0.2, -0.15) is 18.3 Å². The number of rotatable bonds is 5. The average Bonchev–Trinajstić information content (AvgIpc) is 3.29. The highest BCUT2D eigenvalue weighted by Crippen LogP contribution is 2.32. The van der Waals surface area contributed by atoms with Crippen molar-refractivity contribution in [1.82, 2.24) is 24.3 Å². The van der Waals surface area contributed by atoms with Crippen LogP contribution in [-0.4, -0.2) is 47.8 Å². The Morgan fingerprint density at radius 1 is 1.17 bits per heavy atom. The largest absolute Gasteiger partial charge is 0.494 e. The molecule has 0 atom stereocenters. The summed E-state index contributed by atoms with van der Waals surface area (Å²) in [5.74, 6) is 0.140. The van der Waals surface area contributed by atoms with Gasteiger partial charge >= 0.3 is 6.18 Å². The smallest absolute Gasteiger partial charge is 0.408 e. The van der Waals surface area contributed by atoms with Gasteiger partial charge in [-0.3, -0.25) is 9.25 Å². The lowest BCUT2D eigenvalue weighted by Gasteiger charge is -2.07. The van der Waals surface area contributed by atoms with Crippen molar-refractivity contribution in [3.63, 3.8) is 0 Å². The number of methoxy groups -OCH3 is 1. The van der Waals surface area contributed by atoms with Gasteiger partial charge in [-0.1, -0.05) is 0 Å². The molecule has 0 amide bonds. The number of fused-ring (bicyclic) bond motifs is 1. The van der Waals surface area contributed by atoms with Gasteiger partial charge in [0.15, 0.2) is 0 Å². The van der Waals surface area contributed by atoms with Crippen LogP contribution in [0.5, 0.6) is 11.8 Å². The maximum atomic E-state index is 12.6. The van der Waals surface area contributed by atoms with Gasteiger partial charge in [0.1, 0.15) is 6.54 Å². The zero-order chi connectivity index (χ0) is 21.5. The first-order valence-electron chi connectivity index (χ1n) is 8.74. The Kier molecular flexibility index (Phi) is 4.82. The SMILES string of the molecule is COc1ncc(-c2ccc3c(O)n(-c4cnn(CC(F)(F)F)c4)cc3n2)cc1CO. The molecule has 0 aliphatic rings. The number of halogens is 3. The summed E-state index contributed by atoms with van der Waals surface area (Å²) in [5, 5.41) is 24.1. The van der Waals surface area contributed by atoms with E-state index < -0.39 is 12.7 Å². The van der Waals surface area contributed by atoms with Crippen molar-refractivity contribution in [2.24, 2.45) is 0 Å².